The van der Waals surface area contributed by atoms with Crippen molar-refractivity contribution in [2.24, 2.45) is 0 Å². The summed E-state index contributed by atoms with van der Waals surface area (Å²) in [6, 6.07) is 22.3. The molecule has 0 atom stereocenters. The van der Waals surface area contributed by atoms with Crippen LogP contribution in [0, 0.1) is 0 Å². The van der Waals surface area contributed by atoms with E-state index >= 15 is 0 Å². The van der Waals surface area contributed by atoms with Gasteiger partial charge in [0.25, 0.3) is 0 Å². The lowest BCUT2D eigenvalue weighted by molar-refractivity contribution is 0.560. The summed E-state index contributed by atoms with van der Waals surface area (Å²) < 4.78 is 5.48. The molecule has 130 valence electrons. The molecule has 0 fully saturated rings. The fraction of sp³-hybridized carbons (Fsp3) is 0.174. The van der Waals surface area contributed by atoms with Crippen LogP contribution in [0.4, 0.5) is 11.4 Å². The van der Waals surface area contributed by atoms with Crippen LogP contribution in [0.15, 0.2) is 75.9 Å². The van der Waals surface area contributed by atoms with Crippen LogP contribution in [0.25, 0.3) is 21.7 Å². The second kappa shape index (κ2) is 6.68. The Labute approximate surface area is 152 Å². The Morgan fingerprint density at radius 3 is 2.46 bits per heavy atom. The maximum atomic E-state index is 12.2. The monoisotopic (exact) mass is 343 g/mol. The van der Waals surface area contributed by atoms with Crippen LogP contribution in [-0.4, -0.2) is 6.54 Å². The standard InChI is InChI=1S/C23H21NO2/c1-3-16-12-13-19-21(15-23(25)26-22(19)14-16)24(4-2)20-11-7-9-17-8-5-6-10-18(17)20/h5-15H,3-4H2,1-2H3. The zero-order chi connectivity index (χ0) is 18.1. The molecular weight excluding hydrogens is 322 g/mol. The van der Waals surface area contributed by atoms with Crippen molar-refractivity contribution in [2.75, 3.05) is 11.4 Å². The molecular formula is C23H21NO2. The van der Waals surface area contributed by atoms with E-state index in [1.54, 1.807) is 6.07 Å². The minimum Gasteiger partial charge on any atom is -0.423 e. The Balaban J connectivity index is 1.98. The van der Waals surface area contributed by atoms with E-state index in [1.165, 1.54) is 10.8 Å². The van der Waals surface area contributed by atoms with Crippen molar-refractivity contribution in [2.45, 2.75) is 20.3 Å². The highest BCUT2D eigenvalue weighted by Gasteiger charge is 2.15. The summed E-state index contributed by atoms with van der Waals surface area (Å²) in [5.41, 5.74) is 3.46. The molecule has 3 nitrogen and oxygen atoms in total. The number of benzene rings is 3. The van der Waals surface area contributed by atoms with Gasteiger partial charge < -0.3 is 9.32 Å². The zero-order valence-electron chi connectivity index (χ0n) is 15.0. The fourth-order valence-corrected chi connectivity index (χ4v) is 3.55. The Kier molecular flexibility index (Phi) is 4.21. The van der Waals surface area contributed by atoms with Crippen molar-refractivity contribution in [1.29, 1.82) is 0 Å². The minimum atomic E-state index is -0.320. The maximum absolute atomic E-state index is 12.2. The van der Waals surface area contributed by atoms with Crippen molar-refractivity contribution < 1.29 is 4.42 Å². The highest BCUT2D eigenvalue weighted by Crippen LogP contribution is 2.35. The van der Waals surface area contributed by atoms with Crippen molar-refractivity contribution >= 4 is 33.1 Å². The third-order valence-electron chi connectivity index (χ3n) is 4.86. The van der Waals surface area contributed by atoms with Gasteiger partial charge in [0.2, 0.25) is 0 Å². The minimum absolute atomic E-state index is 0.320. The van der Waals surface area contributed by atoms with Gasteiger partial charge in [-0.25, -0.2) is 4.79 Å². The SMILES string of the molecule is CCc1ccc2c(N(CC)c3cccc4ccccc34)cc(=O)oc2c1. The molecule has 0 aliphatic heterocycles. The normalized spacial score (nSPS) is 11.2. The van der Waals surface area contributed by atoms with Crippen LogP contribution in [0.2, 0.25) is 0 Å². The quantitative estimate of drug-likeness (QED) is 0.448. The molecule has 1 heterocycles. The highest BCUT2D eigenvalue weighted by molar-refractivity contribution is 6.00. The van der Waals surface area contributed by atoms with E-state index in [0.29, 0.717) is 5.58 Å². The second-order valence-electron chi connectivity index (χ2n) is 6.38. The molecule has 0 saturated carbocycles. The lowest BCUT2D eigenvalue weighted by Crippen LogP contribution is -2.18. The number of nitrogens with zero attached hydrogens (tertiary/aromatic N) is 1. The van der Waals surface area contributed by atoms with Crippen LogP contribution in [-0.2, 0) is 6.42 Å². The van der Waals surface area contributed by atoms with Gasteiger partial charge in [0.15, 0.2) is 0 Å². The Morgan fingerprint density at radius 1 is 0.846 bits per heavy atom. The van der Waals surface area contributed by atoms with Crippen molar-refractivity contribution in [3.05, 3.63) is 82.7 Å². The third kappa shape index (κ3) is 2.76. The van der Waals surface area contributed by atoms with E-state index in [0.717, 1.165) is 35.3 Å². The first kappa shape index (κ1) is 16.4. The largest absolute Gasteiger partial charge is 0.423 e. The van der Waals surface area contributed by atoms with E-state index in [2.05, 4.69) is 61.2 Å². The number of anilines is 2. The first-order valence-corrected chi connectivity index (χ1v) is 9.03. The van der Waals surface area contributed by atoms with Gasteiger partial charge in [0.05, 0.1) is 5.69 Å². The third-order valence-corrected chi connectivity index (χ3v) is 4.86. The summed E-state index contributed by atoms with van der Waals surface area (Å²) in [6.45, 7) is 4.95. The predicted molar refractivity (Wildman–Crippen MR) is 108 cm³/mol. The summed E-state index contributed by atoms with van der Waals surface area (Å²) in [7, 11) is 0. The van der Waals surface area contributed by atoms with Crippen molar-refractivity contribution in [3.63, 3.8) is 0 Å². The molecule has 0 bridgehead atoms. The second-order valence-corrected chi connectivity index (χ2v) is 6.38. The van der Waals surface area contributed by atoms with Gasteiger partial charge in [-0.1, -0.05) is 49.4 Å². The summed E-state index contributed by atoms with van der Waals surface area (Å²) in [6.07, 6.45) is 0.907. The molecule has 0 N–H and O–H groups in total. The molecule has 0 unspecified atom stereocenters. The Hall–Kier alpha value is -3.07. The molecule has 4 aromatic rings. The van der Waals surface area contributed by atoms with Gasteiger partial charge in [0.1, 0.15) is 5.58 Å². The molecule has 26 heavy (non-hydrogen) atoms. The molecule has 4 rings (SSSR count). The van der Waals surface area contributed by atoms with Crippen LogP contribution < -0.4 is 10.5 Å². The van der Waals surface area contributed by atoms with Crippen LogP contribution in [0.1, 0.15) is 19.4 Å². The molecule has 0 saturated heterocycles. The molecule has 0 amide bonds. The highest BCUT2D eigenvalue weighted by atomic mass is 16.4. The van der Waals surface area contributed by atoms with Gasteiger partial charge in [-0.2, -0.15) is 0 Å². The smallest absolute Gasteiger partial charge is 0.338 e. The number of aryl methyl sites for hydroxylation is 1. The number of rotatable bonds is 4. The first-order chi connectivity index (χ1) is 12.7. The summed E-state index contributed by atoms with van der Waals surface area (Å²) in [4.78, 5) is 14.4. The molecule has 0 aliphatic carbocycles. The lowest BCUT2D eigenvalue weighted by atomic mass is 10.1. The topological polar surface area (TPSA) is 33.5 Å². The van der Waals surface area contributed by atoms with Crippen molar-refractivity contribution in [3.8, 4) is 0 Å². The molecule has 0 aliphatic rings. The molecule has 1 aromatic heterocycles. The zero-order valence-corrected chi connectivity index (χ0v) is 15.0. The number of hydrogen-bond acceptors (Lipinski definition) is 3. The van der Waals surface area contributed by atoms with E-state index in [9.17, 15) is 4.79 Å². The van der Waals surface area contributed by atoms with E-state index in [1.807, 2.05) is 18.2 Å². The van der Waals surface area contributed by atoms with Gasteiger partial charge in [0, 0.05) is 29.1 Å². The average Bonchev–Trinajstić information content (AvgIpc) is 2.68. The van der Waals surface area contributed by atoms with Gasteiger partial charge in [-0.15, -0.1) is 0 Å². The lowest BCUT2D eigenvalue weighted by Gasteiger charge is -2.26. The molecule has 3 aromatic carbocycles. The molecule has 3 heteroatoms. The van der Waals surface area contributed by atoms with Crippen LogP contribution >= 0.6 is 0 Å². The van der Waals surface area contributed by atoms with Crippen LogP contribution in [0.3, 0.4) is 0 Å². The molecule has 0 radical (unpaired) electrons. The summed E-state index contributed by atoms with van der Waals surface area (Å²) in [5, 5.41) is 3.31. The van der Waals surface area contributed by atoms with E-state index in [-0.39, 0.29) is 5.63 Å². The average molecular weight is 343 g/mol. The predicted octanol–water partition coefficient (Wildman–Crippen LogP) is 5.67. The fourth-order valence-electron chi connectivity index (χ4n) is 3.55. The first-order valence-electron chi connectivity index (χ1n) is 9.03. The van der Waals surface area contributed by atoms with Gasteiger partial charge in [-0.3, -0.25) is 0 Å². The number of fused-ring (bicyclic) bond motifs is 2. The van der Waals surface area contributed by atoms with E-state index < -0.39 is 0 Å². The Bertz CT molecular complexity index is 1140. The van der Waals surface area contributed by atoms with Crippen molar-refractivity contribution in [1.82, 2.24) is 0 Å². The maximum Gasteiger partial charge on any atom is 0.338 e. The number of hydrogen-bond donors (Lipinski definition) is 0. The Morgan fingerprint density at radius 2 is 1.65 bits per heavy atom. The van der Waals surface area contributed by atoms with Crippen LogP contribution in [0.5, 0.6) is 0 Å². The van der Waals surface area contributed by atoms with Gasteiger partial charge >= 0.3 is 5.63 Å². The van der Waals surface area contributed by atoms with Gasteiger partial charge in [-0.05, 0) is 42.5 Å². The summed E-state index contributed by atoms with van der Waals surface area (Å²) >= 11 is 0. The molecule has 0 spiro atoms. The summed E-state index contributed by atoms with van der Waals surface area (Å²) in [5.74, 6) is 0. The van der Waals surface area contributed by atoms with E-state index in [4.69, 9.17) is 4.42 Å².